The second-order valence-corrected chi connectivity index (χ2v) is 8.94. The fourth-order valence-corrected chi connectivity index (χ4v) is 5.43. The van der Waals surface area contributed by atoms with Crippen molar-refractivity contribution in [3.05, 3.63) is 35.9 Å². The summed E-state index contributed by atoms with van der Waals surface area (Å²) < 4.78 is 0. The molecule has 0 amide bonds. The number of hydrogen-bond donors (Lipinski definition) is 0. The maximum atomic E-state index is 11.9. The van der Waals surface area contributed by atoms with Gasteiger partial charge in [-0.15, -0.1) is 0 Å². The third-order valence-corrected chi connectivity index (χ3v) is 6.83. The van der Waals surface area contributed by atoms with Crippen molar-refractivity contribution in [2.75, 3.05) is 17.3 Å². The molecule has 1 nitrogen and oxygen atoms in total. The first-order chi connectivity index (χ1) is 7.20. The van der Waals surface area contributed by atoms with Gasteiger partial charge in [0.2, 0.25) is 0 Å². The molecule has 0 radical (unpaired) electrons. The Hall–Kier alpha value is -0.470. The lowest BCUT2D eigenvalue weighted by atomic mass is 10.2. The van der Waals surface area contributed by atoms with Gasteiger partial charge in [0.15, 0.2) is 5.78 Å². The Labute approximate surface area is 96.6 Å². The molecule has 1 heterocycles. The van der Waals surface area contributed by atoms with Gasteiger partial charge in [-0.05, 0) is 24.3 Å². The third kappa shape index (κ3) is 2.76. The van der Waals surface area contributed by atoms with Crippen molar-refractivity contribution in [2.24, 2.45) is 0 Å². The van der Waals surface area contributed by atoms with E-state index in [-0.39, 0.29) is 5.78 Å². The molecule has 0 unspecified atom stereocenters. The molecule has 15 heavy (non-hydrogen) atoms. The van der Waals surface area contributed by atoms with Crippen LogP contribution in [0.4, 0.5) is 0 Å². The van der Waals surface area contributed by atoms with E-state index in [0.717, 1.165) is 17.1 Å². The Kier molecular flexibility index (Phi) is 3.37. The SMILES string of the molecule is O=C(CS1(Cl)CCCC1)c1ccccc1. The highest BCUT2D eigenvalue weighted by molar-refractivity contribution is 8.51. The second-order valence-electron chi connectivity index (χ2n) is 3.99. The number of carbonyl (C=O) groups excluding carboxylic acids is 1. The Bertz CT molecular complexity index is 344. The van der Waals surface area contributed by atoms with Crippen molar-refractivity contribution < 1.29 is 4.79 Å². The van der Waals surface area contributed by atoms with Crippen LogP contribution < -0.4 is 0 Å². The molecule has 82 valence electrons. The standard InChI is InChI=1S/C12H15ClOS/c13-15(8-4-5-9-15)10-12(14)11-6-2-1-3-7-11/h1-3,6-7H,4-5,8-10H2. The summed E-state index contributed by atoms with van der Waals surface area (Å²) >= 11 is 0. The third-order valence-electron chi connectivity index (χ3n) is 2.76. The molecule has 0 saturated carbocycles. The van der Waals surface area contributed by atoms with Gasteiger partial charge in [-0.25, -0.2) is 0 Å². The van der Waals surface area contributed by atoms with Crippen LogP contribution in [0.5, 0.6) is 0 Å². The van der Waals surface area contributed by atoms with Gasteiger partial charge in [0.25, 0.3) is 0 Å². The van der Waals surface area contributed by atoms with Crippen LogP contribution in [0.15, 0.2) is 30.3 Å². The fourth-order valence-electron chi connectivity index (χ4n) is 1.91. The summed E-state index contributed by atoms with van der Waals surface area (Å²) in [5, 5.41) is 0. The molecule has 0 aromatic heterocycles. The monoisotopic (exact) mass is 242 g/mol. The molecule has 1 aliphatic heterocycles. The number of Topliss-reactive ketones (excluding diaryl/α,β-unsaturated/α-hetero) is 1. The van der Waals surface area contributed by atoms with Crippen LogP contribution >= 0.6 is 19.9 Å². The minimum atomic E-state index is -1.13. The summed E-state index contributed by atoms with van der Waals surface area (Å²) in [5.41, 5.74) is 0.803. The lowest BCUT2D eigenvalue weighted by molar-refractivity contribution is 0.102. The van der Waals surface area contributed by atoms with Gasteiger partial charge in [-0.1, -0.05) is 41.0 Å². The minimum absolute atomic E-state index is 0.211. The summed E-state index contributed by atoms with van der Waals surface area (Å²) in [6, 6.07) is 9.47. The van der Waals surface area contributed by atoms with Gasteiger partial charge in [0.1, 0.15) is 0 Å². The Morgan fingerprint density at radius 1 is 1.20 bits per heavy atom. The van der Waals surface area contributed by atoms with Crippen molar-refractivity contribution in [3.8, 4) is 0 Å². The van der Waals surface area contributed by atoms with Crippen molar-refractivity contribution in [1.29, 1.82) is 0 Å². The molecule has 0 bridgehead atoms. The number of hydrogen-bond acceptors (Lipinski definition) is 1. The number of benzene rings is 1. The van der Waals surface area contributed by atoms with E-state index in [4.69, 9.17) is 10.7 Å². The van der Waals surface area contributed by atoms with Crippen molar-refractivity contribution in [1.82, 2.24) is 0 Å². The summed E-state index contributed by atoms with van der Waals surface area (Å²) in [7, 11) is 5.35. The highest BCUT2D eigenvalue weighted by Gasteiger charge is 2.28. The van der Waals surface area contributed by atoms with Crippen LogP contribution in [0, 0.1) is 0 Å². The zero-order chi connectivity index (χ0) is 10.7. The van der Waals surface area contributed by atoms with Gasteiger partial charge in [0.05, 0.1) is 5.75 Å². The summed E-state index contributed by atoms with van der Waals surface area (Å²) in [6.45, 7) is 0. The molecular formula is C12H15ClOS. The number of carbonyl (C=O) groups is 1. The van der Waals surface area contributed by atoms with Gasteiger partial charge >= 0.3 is 0 Å². The van der Waals surface area contributed by atoms with Gasteiger partial charge in [-0.3, -0.25) is 4.79 Å². The topological polar surface area (TPSA) is 17.1 Å². The Balaban J connectivity index is 2.04. The van der Waals surface area contributed by atoms with Gasteiger partial charge in [-0.2, -0.15) is 9.24 Å². The fraction of sp³-hybridized carbons (Fsp3) is 0.417. The maximum absolute atomic E-state index is 11.9. The molecule has 0 N–H and O–H groups in total. The lowest BCUT2D eigenvalue weighted by Crippen LogP contribution is -2.11. The van der Waals surface area contributed by atoms with Crippen LogP contribution in [-0.2, 0) is 0 Å². The van der Waals surface area contributed by atoms with Crippen molar-refractivity contribution >= 4 is 25.7 Å². The molecular weight excluding hydrogens is 228 g/mol. The molecule has 1 aromatic carbocycles. The first-order valence-corrected chi connectivity index (χ1v) is 8.21. The predicted octanol–water partition coefficient (Wildman–Crippen LogP) is 3.62. The van der Waals surface area contributed by atoms with E-state index in [1.165, 1.54) is 12.8 Å². The quantitative estimate of drug-likeness (QED) is 0.740. The van der Waals surface area contributed by atoms with E-state index in [1.54, 1.807) is 0 Å². The highest BCUT2D eigenvalue weighted by Crippen LogP contribution is 2.58. The first-order valence-electron chi connectivity index (χ1n) is 5.24. The van der Waals surface area contributed by atoms with E-state index in [1.807, 2.05) is 30.3 Å². The largest absolute Gasteiger partial charge is 0.293 e. The number of ketones is 1. The molecule has 3 heteroatoms. The number of halogens is 1. The highest BCUT2D eigenvalue weighted by atomic mass is 35.7. The van der Waals surface area contributed by atoms with Crippen molar-refractivity contribution in [3.63, 3.8) is 0 Å². The average molecular weight is 243 g/mol. The van der Waals surface area contributed by atoms with Crippen molar-refractivity contribution in [2.45, 2.75) is 12.8 Å². The second kappa shape index (κ2) is 4.58. The predicted molar refractivity (Wildman–Crippen MR) is 68.1 cm³/mol. The zero-order valence-corrected chi connectivity index (χ0v) is 10.2. The molecule has 0 spiro atoms. The van der Waals surface area contributed by atoms with E-state index in [9.17, 15) is 4.79 Å². The Morgan fingerprint density at radius 3 is 2.40 bits per heavy atom. The average Bonchev–Trinajstić information content (AvgIpc) is 2.66. The molecule has 1 aliphatic rings. The first kappa shape index (κ1) is 11.0. The molecule has 2 rings (SSSR count). The summed E-state index contributed by atoms with van der Waals surface area (Å²) in [6.07, 6.45) is 2.39. The van der Waals surface area contributed by atoms with Crippen LogP contribution in [0.3, 0.4) is 0 Å². The van der Waals surface area contributed by atoms with Gasteiger partial charge < -0.3 is 0 Å². The molecule has 0 atom stereocenters. The Morgan fingerprint density at radius 2 is 1.80 bits per heavy atom. The van der Waals surface area contributed by atoms with Crippen LogP contribution in [-0.4, -0.2) is 23.0 Å². The molecule has 0 aliphatic carbocycles. The van der Waals surface area contributed by atoms with E-state index < -0.39 is 9.24 Å². The number of rotatable bonds is 3. The molecule has 1 saturated heterocycles. The zero-order valence-electron chi connectivity index (χ0n) is 8.62. The van der Waals surface area contributed by atoms with E-state index >= 15 is 0 Å². The smallest absolute Gasteiger partial charge is 0.172 e. The van der Waals surface area contributed by atoms with Crippen LogP contribution in [0.2, 0.25) is 0 Å². The summed E-state index contributed by atoms with van der Waals surface area (Å²) in [5.74, 6) is 2.90. The summed E-state index contributed by atoms with van der Waals surface area (Å²) in [4.78, 5) is 11.9. The van der Waals surface area contributed by atoms with E-state index in [0.29, 0.717) is 5.75 Å². The normalized spacial score (nSPS) is 21.1. The maximum Gasteiger partial charge on any atom is 0.172 e. The molecule has 1 aromatic rings. The lowest BCUT2D eigenvalue weighted by Gasteiger charge is -2.25. The van der Waals surface area contributed by atoms with Crippen LogP contribution in [0.25, 0.3) is 0 Å². The van der Waals surface area contributed by atoms with E-state index in [2.05, 4.69) is 0 Å². The minimum Gasteiger partial charge on any atom is -0.293 e. The molecule has 1 fully saturated rings. The van der Waals surface area contributed by atoms with Crippen LogP contribution in [0.1, 0.15) is 23.2 Å². The van der Waals surface area contributed by atoms with Gasteiger partial charge in [0, 0.05) is 5.56 Å².